The molecule has 0 radical (unpaired) electrons. The maximum absolute atomic E-state index is 13.7. The molecule has 12 heteroatoms. The van der Waals surface area contributed by atoms with Gasteiger partial charge in [0.05, 0.1) is 40.8 Å². The third kappa shape index (κ3) is 3.86. The number of aliphatic hydroxyl groups is 1. The number of benzene rings is 1. The Hall–Kier alpha value is -2.92. The fourth-order valence-corrected chi connectivity index (χ4v) is 3.61. The minimum atomic E-state index is -4.91. The van der Waals surface area contributed by atoms with Gasteiger partial charge in [0, 0.05) is 11.6 Å². The van der Waals surface area contributed by atoms with E-state index in [0.29, 0.717) is 27.8 Å². The Morgan fingerprint density at radius 2 is 2.03 bits per heavy atom. The summed E-state index contributed by atoms with van der Waals surface area (Å²) in [4.78, 5) is 18.9. The molecule has 3 heterocycles. The van der Waals surface area contributed by atoms with E-state index in [1.54, 1.807) is 18.4 Å². The van der Waals surface area contributed by atoms with E-state index in [9.17, 15) is 22.4 Å². The molecule has 0 bridgehead atoms. The van der Waals surface area contributed by atoms with E-state index in [-0.39, 0.29) is 18.7 Å². The topological polar surface area (TPSA) is 80.0 Å². The fraction of sp³-hybridized carbons (Fsp3) is 0.350. The number of amides is 1. The zero-order valence-corrected chi connectivity index (χ0v) is 17.6. The average molecular weight is 473 g/mol. The molecule has 3 aromatic rings. The predicted molar refractivity (Wildman–Crippen MR) is 105 cm³/mol. The summed E-state index contributed by atoms with van der Waals surface area (Å²) in [6.07, 6.45) is -7.68. The number of rotatable bonds is 4. The van der Waals surface area contributed by atoms with Crippen LogP contribution in [0, 0.1) is 19.7 Å². The molecule has 4 rings (SSSR count). The number of ether oxygens (including phenoxy) is 1. The lowest BCUT2D eigenvalue weighted by Crippen LogP contribution is -2.34. The van der Waals surface area contributed by atoms with Gasteiger partial charge in [-0.3, -0.25) is 4.79 Å². The molecule has 1 atom stereocenters. The second kappa shape index (κ2) is 7.89. The average Bonchev–Trinajstić information content (AvgIpc) is 3.28. The molecule has 0 saturated heterocycles. The lowest BCUT2D eigenvalue weighted by molar-refractivity contribution is -0.210. The van der Waals surface area contributed by atoms with Crippen LogP contribution < -0.4 is 4.74 Å². The number of carbonyl (C=O) groups excluding carboxylic acids is 1. The molecule has 0 unspecified atom stereocenters. The van der Waals surface area contributed by atoms with E-state index in [1.807, 2.05) is 0 Å². The summed E-state index contributed by atoms with van der Waals surface area (Å²) in [5.74, 6) is -1.78. The van der Waals surface area contributed by atoms with Gasteiger partial charge in [0.1, 0.15) is 18.2 Å². The van der Waals surface area contributed by atoms with E-state index in [2.05, 4.69) is 10.1 Å². The zero-order chi connectivity index (χ0) is 23.4. The second-order valence-corrected chi connectivity index (χ2v) is 7.81. The number of aromatic nitrogens is 3. The largest absolute Gasteiger partial charge is 0.490 e. The van der Waals surface area contributed by atoms with Crippen LogP contribution in [-0.2, 0) is 13.1 Å². The molecule has 1 aromatic carbocycles. The molecular formula is C20H17ClF4N4O3. The summed E-state index contributed by atoms with van der Waals surface area (Å²) in [6, 6.07) is 2.94. The van der Waals surface area contributed by atoms with Crippen LogP contribution in [-0.4, -0.2) is 49.4 Å². The first-order valence-electron chi connectivity index (χ1n) is 9.47. The van der Waals surface area contributed by atoms with Crippen LogP contribution in [0.3, 0.4) is 0 Å². The Balaban J connectivity index is 1.60. The third-order valence-electron chi connectivity index (χ3n) is 5.19. The van der Waals surface area contributed by atoms with Crippen molar-refractivity contribution in [3.8, 4) is 5.75 Å². The molecule has 1 aliphatic heterocycles. The lowest BCUT2D eigenvalue weighted by atomic mass is 10.1. The van der Waals surface area contributed by atoms with Crippen LogP contribution in [0.25, 0.3) is 5.65 Å². The van der Waals surface area contributed by atoms with E-state index < -0.39 is 36.4 Å². The zero-order valence-electron chi connectivity index (χ0n) is 16.9. The summed E-state index contributed by atoms with van der Waals surface area (Å²) in [7, 11) is 0. The minimum absolute atomic E-state index is 0.121. The van der Waals surface area contributed by atoms with Gasteiger partial charge in [-0.25, -0.2) is 13.9 Å². The first-order valence-corrected chi connectivity index (χ1v) is 9.84. The summed E-state index contributed by atoms with van der Waals surface area (Å²) < 4.78 is 57.9. The van der Waals surface area contributed by atoms with Gasteiger partial charge in [0.2, 0.25) is 0 Å². The molecule has 0 spiro atoms. The molecule has 0 aliphatic carbocycles. The molecule has 2 aromatic heterocycles. The molecule has 1 aliphatic rings. The Morgan fingerprint density at radius 3 is 2.72 bits per heavy atom. The molecule has 1 amide bonds. The maximum atomic E-state index is 13.7. The van der Waals surface area contributed by atoms with Crippen molar-refractivity contribution in [1.29, 1.82) is 0 Å². The van der Waals surface area contributed by atoms with Crippen molar-refractivity contribution in [1.82, 2.24) is 19.5 Å². The quantitative estimate of drug-likeness (QED) is 0.587. The van der Waals surface area contributed by atoms with Crippen molar-refractivity contribution in [3.05, 3.63) is 57.2 Å². The number of aliphatic hydroxyl groups excluding tert-OH is 1. The van der Waals surface area contributed by atoms with E-state index in [1.165, 1.54) is 4.90 Å². The number of alkyl halides is 3. The SMILES string of the molecule is Cc1nc2c3c(nn2c(C)c1Cl)CN(C(=O)c1ccc(F)cc1OC[C@H](O)C(F)(F)F)C3. The fourth-order valence-electron chi connectivity index (χ4n) is 3.48. The van der Waals surface area contributed by atoms with Crippen LogP contribution in [0.15, 0.2) is 18.2 Å². The highest BCUT2D eigenvalue weighted by Crippen LogP contribution is 2.32. The normalized spacial score (nSPS) is 14.7. The van der Waals surface area contributed by atoms with Gasteiger partial charge in [-0.05, 0) is 26.0 Å². The van der Waals surface area contributed by atoms with Crippen molar-refractivity contribution in [2.45, 2.75) is 39.2 Å². The second-order valence-electron chi connectivity index (χ2n) is 7.43. The molecule has 32 heavy (non-hydrogen) atoms. The Labute approximate surface area is 184 Å². The van der Waals surface area contributed by atoms with Crippen LogP contribution in [0.5, 0.6) is 5.75 Å². The summed E-state index contributed by atoms with van der Waals surface area (Å²) >= 11 is 6.23. The maximum Gasteiger partial charge on any atom is 0.417 e. The number of halogens is 5. The van der Waals surface area contributed by atoms with Gasteiger partial charge < -0.3 is 14.7 Å². The number of aryl methyl sites for hydroxylation is 2. The van der Waals surface area contributed by atoms with Crippen molar-refractivity contribution in [3.63, 3.8) is 0 Å². The predicted octanol–water partition coefficient (Wildman–Crippen LogP) is 3.60. The molecule has 170 valence electrons. The van der Waals surface area contributed by atoms with E-state index >= 15 is 0 Å². The summed E-state index contributed by atoms with van der Waals surface area (Å²) in [5.41, 5.74) is 3.07. The summed E-state index contributed by atoms with van der Waals surface area (Å²) in [6.45, 7) is 2.64. The molecule has 1 N–H and O–H groups in total. The molecule has 0 fully saturated rings. The van der Waals surface area contributed by atoms with Crippen LogP contribution in [0.4, 0.5) is 17.6 Å². The third-order valence-corrected chi connectivity index (χ3v) is 5.74. The highest BCUT2D eigenvalue weighted by Gasteiger charge is 2.39. The van der Waals surface area contributed by atoms with Gasteiger partial charge in [-0.15, -0.1) is 0 Å². The number of carbonyl (C=O) groups is 1. The van der Waals surface area contributed by atoms with Crippen LogP contribution in [0.1, 0.15) is 33.0 Å². The first kappa shape index (κ1) is 22.3. The van der Waals surface area contributed by atoms with Gasteiger partial charge in [-0.1, -0.05) is 11.6 Å². The number of nitrogens with zero attached hydrogens (tertiary/aromatic N) is 4. The monoisotopic (exact) mass is 472 g/mol. The highest BCUT2D eigenvalue weighted by atomic mass is 35.5. The number of fused-ring (bicyclic) bond motifs is 3. The van der Waals surface area contributed by atoms with Crippen molar-refractivity contribution >= 4 is 23.2 Å². The number of hydrogen-bond acceptors (Lipinski definition) is 5. The minimum Gasteiger partial charge on any atom is -0.490 e. The van der Waals surface area contributed by atoms with Gasteiger partial charge in [0.15, 0.2) is 11.8 Å². The summed E-state index contributed by atoms with van der Waals surface area (Å²) in [5, 5.41) is 14.1. The van der Waals surface area contributed by atoms with Crippen molar-refractivity contribution < 1.29 is 32.2 Å². The van der Waals surface area contributed by atoms with Crippen LogP contribution in [0.2, 0.25) is 5.02 Å². The van der Waals surface area contributed by atoms with Crippen LogP contribution >= 0.6 is 11.6 Å². The lowest BCUT2D eigenvalue weighted by Gasteiger charge is -2.20. The van der Waals surface area contributed by atoms with Gasteiger partial charge >= 0.3 is 6.18 Å². The van der Waals surface area contributed by atoms with E-state index in [4.69, 9.17) is 21.4 Å². The smallest absolute Gasteiger partial charge is 0.417 e. The molecule has 0 saturated carbocycles. The molecule has 7 nitrogen and oxygen atoms in total. The Bertz CT molecular complexity index is 1230. The van der Waals surface area contributed by atoms with Gasteiger partial charge in [0.25, 0.3) is 5.91 Å². The highest BCUT2D eigenvalue weighted by molar-refractivity contribution is 6.31. The standard InChI is InChI=1S/C20H17ClF4N4O3/c1-9-17(21)10(2)29-18(26-9)13-6-28(7-14(13)27-29)19(31)12-4-3-11(22)5-15(12)32-8-16(30)20(23,24)25/h3-5,16,30H,6-8H2,1-2H3/t16-/m0/s1. The Kier molecular flexibility index (Phi) is 5.49. The first-order chi connectivity index (χ1) is 15.0. The number of hydrogen-bond donors (Lipinski definition) is 1. The molecular weight excluding hydrogens is 456 g/mol. The van der Waals surface area contributed by atoms with Crippen molar-refractivity contribution in [2.24, 2.45) is 0 Å². The Morgan fingerprint density at radius 1 is 1.31 bits per heavy atom. The van der Waals surface area contributed by atoms with Gasteiger partial charge in [-0.2, -0.15) is 18.3 Å². The van der Waals surface area contributed by atoms with Crippen molar-refractivity contribution in [2.75, 3.05) is 6.61 Å². The van der Waals surface area contributed by atoms with E-state index in [0.717, 1.165) is 23.8 Å².